The summed E-state index contributed by atoms with van der Waals surface area (Å²) in [4.78, 5) is 13.4. The van der Waals surface area contributed by atoms with Crippen molar-refractivity contribution in [3.05, 3.63) is 0 Å². The number of carboxylic acid groups (broad SMARTS) is 1. The molecular weight excluding hydrogens is 290 g/mol. The monoisotopic (exact) mass is 317 g/mol. The highest BCUT2D eigenvalue weighted by atomic mass is 32.1. The maximum Gasteiger partial charge on any atom is 0.321 e. The van der Waals surface area contributed by atoms with Gasteiger partial charge in [-0.25, -0.2) is 0 Å². The number of carboxylic acids is 1. The smallest absolute Gasteiger partial charge is 0.321 e. The van der Waals surface area contributed by atoms with Crippen LogP contribution in [0.4, 0.5) is 0 Å². The van der Waals surface area contributed by atoms with E-state index in [2.05, 4.69) is 15.5 Å². The minimum atomic E-state index is -0.727. The molecule has 1 fully saturated rings. The molecule has 122 valence electrons. The van der Waals surface area contributed by atoms with Crippen LogP contribution in [0.2, 0.25) is 0 Å². The maximum atomic E-state index is 11.3. The average Bonchev–Trinajstić information content (AvgIpc) is 2.84. The number of likely N-dealkylation sites (tertiary alicyclic amines) is 1. The number of rotatable bonds is 8. The van der Waals surface area contributed by atoms with E-state index in [-0.39, 0.29) is 12.0 Å². The average molecular weight is 317 g/mol. The highest BCUT2D eigenvalue weighted by Crippen LogP contribution is 2.22. The second-order valence-electron chi connectivity index (χ2n) is 5.81. The van der Waals surface area contributed by atoms with E-state index in [1.54, 1.807) is 7.11 Å². The number of thiocarbonyl (C=S) groups is 1. The quantitative estimate of drug-likeness (QED) is 0.445. The van der Waals surface area contributed by atoms with Crippen LogP contribution in [0, 0.1) is 11.8 Å². The lowest BCUT2D eigenvalue weighted by Gasteiger charge is -2.27. The second kappa shape index (κ2) is 9.17. The van der Waals surface area contributed by atoms with Crippen LogP contribution in [0.3, 0.4) is 0 Å². The molecule has 0 saturated carbocycles. The van der Waals surface area contributed by atoms with E-state index in [4.69, 9.17) is 17.0 Å². The van der Waals surface area contributed by atoms with E-state index >= 15 is 0 Å². The van der Waals surface area contributed by atoms with Crippen LogP contribution < -0.4 is 10.6 Å². The maximum absolute atomic E-state index is 11.3. The molecule has 6 nitrogen and oxygen atoms in total. The fraction of sp³-hybridized carbons (Fsp3) is 0.857. The molecule has 1 aliphatic rings. The van der Waals surface area contributed by atoms with Gasteiger partial charge in [0.05, 0.1) is 6.61 Å². The van der Waals surface area contributed by atoms with Crippen molar-refractivity contribution in [3.8, 4) is 0 Å². The summed E-state index contributed by atoms with van der Waals surface area (Å²) in [6.07, 6.45) is 1.00. The van der Waals surface area contributed by atoms with Crippen molar-refractivity contribution in [2.24, 2.45) is 11.8 Å². The number of methoxy groups -OCH3 is 1. The summed E-state index contributed by atoms with van der Waals surface area (Å²) < 4.78 is 4.94. The van der Waals surface area contributed by atoms with Crippen LogP contribution in [-0.2, 0) is 9.53 Å². The van der Waals surface area contributed by atoms with E-state index in [9.17, 15) is 9.90 Å². The number of hydrogen-bond acceptors (Lipinski definition) is 4. The number of carbonyl (C=O) groups is 1. The number of ether oxygens (including phenoxy) is 1. The highest BCUT2D eigenvalue weighted by Gasteiger charge is 2.34. The SMILES string of the molecule is COCCNC(=S)NC[C@@H]1CCN([C@H](C(=O)O)C(C)C)C1. The zero-order valence-electron chi connectivity index (χ0n) is 13.1. The number of hydrogen-bond donors (Lipinski definition) is 3. The van der Waals surface area contributed by atoms with Crippen molar-refractivity contribution in [2.45, 2.75) is 26.3 Å². The van der Waals surface area contributed by atoms with Crippen LogP contribution in [0.5, 0.6) is 0 Å². The van der Waals surface area contributed by atoms with Gasteiger partial charge in [0.1, 0.15) is 6.04 Å². The molecule has 0 amide bonds. The first kappa shape index (κ1) is 18.1. The molecule has 7 heteroatoms. The van der Waals surface area contributed by atoms with Gasteiger partial charge in [-0.1, -0.05) is 13.8 Å². The predicted octanol–water partition coefficient (Wildman–Crippen LogP) is 0.528. The molecule has 3 N–H and O–H groups in total. The van der Waals surface area contributed by atoms with E-state index < -0.39 is 5.97 Å². The summed E-state index contributed by atoms with van der Waals surface area (Å²) in [6.45, 7) is 7.65. The molecule has 0 aromatic carbocycles. The summed E-state index contributed by atoms with van der Waals surface area (Å²) >= 11 is 5.18. The normalized spacial score (nSPS) is 20.5. The summed E-state index contributed by atoms with van der Waals surface area (Å²) in [6, 6.07) is -0.387. The molecule has 0 bridgehead atoms. The molecule has 0 radical (unpaired) electrons. The second-order valence-corrected chi connectivity index (χ2v) is 6.21. The van der Waals surface area contributed by atoms with Crippen molar-refractivity contribution in [2.75, 3.05) is 39.9 Å². The molecule has 2 atom stereocenters. The van der Waals surface area contributed by atoms with E-state index in [0.717, 1.165) is 26.1 Å². The van der Waals surface area contributed by atoms with Crippen molar-refractivity contribution < 1.29 is 14.6 Å². The van der Waals surface area contributed by atoms with Crippen LogP contribution >= 0.6 is 12.2 Å². The van der Waals surface area contributed by atoms with Crippen LogP contribution in [0.1, 0.15) is 20.3 Å². The first-order valence-electron chi connectivity index (χ1n) is 7.43. The standard InChI is InChI=1S/C14H27N3O3S/c1-10(2)12(13(18)19)17-6-4-11(9-17)8-16-14(21)15-5-7-20-3/h10-12H,4-9H2,1-3H3,(H,18,19)(H2,15,16,21)/t11-,12-/m0/s1. The fourth-order valence-corrected chi connectivity index (χ4v) is 2.90. The molecule has 1 heterocycles. The van der Waals surface area contributed by atoms with Gasteiger partial charge in [-0.3, -0.25) is 9.69 Å². The molecule has 0 spiro atoms. The van der Waals surface area contributed by atoms with Crippen molar-refractivity contribution >= 4 is 23.3 Å². The van der Waals surface area contributed by atoms with Crippen LogP contribution in [-0.4, -0.2) is 67.0 Å². The van der Waals surface area contributed by atoms with Gasteiger partial charge < -0.3 is 20.5 Å². The predicted molar refractivity (Wildman–Crippen MR) is 86.4 cm³/mol. The molecule has 0 unspecified atom stereocenters. The lowest BCUT2D eigenvalue weighted by Crippen LogP contribution is -2.44. The zero-order chi connectivity index (χ0) is 15.8. The first-order valence-corrected chi connectivity index (χ1v) is 7.84. The van der Waals surface area contributed by atoms with Gasteiger partial charge in [0.2, 0.25) is 0 Å². The molecule has 1 rings (SSSR count). The van der Waals surface area contributed by atoms with Gasteiger partial charge >= 0.3 is 5.97 Å². The summed E-state index contributed by atoms with van der Waals surface area (Å²) in [5.74, 6) is -0.172. The lowest BCUT2D eigenvalue weighted by molar-refractivity contribution is -0.144. The number of nitrogens with zero attached hydrogens (tertiary/aromatic N) is 1. The van der Waals surface area contributed by atoms with Crippen molar-refractivity contribution in [3.63, 3.8) is 0 Å². The number of aliphatic carboxylic acids is 1. The molecule has 21 heavy (non-hydrogen) atoms. The minimum Gasteiger partial charge on any atom is -0.480 e. The summed E-state index contributed by atoms with van der Waals surface area (Å²) in [7, 11) is 1.65. The lowest BCUT2D eigenvalue weighted by atomic mass is 10.0. The zero-order valence-corrected chi connectivity index (χ0v) is 13.9. The van der Waals surface area contributed by atoms with Crippen molar-refractivity contribution in [1.29, 1.82) is 0 Å². The van der Waals surface area contributed by atoms with E-state index in [1.807, 2.05) is 13.8 Å². The third-order valence-corrected chi connectivity index (χ3v) is 4.03. The summed E-state index contributed by atoms with van der Waals surface area (Å²) in [5, 5.41) is 16.2. The largest absolute Gasteiger partial charge is 0.480 e. The van der Waals surface area contributed by atoms with Gasteiger partial charge in [-0.2, -0.15) is 0 Å². The van der Waals surface area contributed by atoms with Gasteiger partial charge in [0, 0.05) is 26.7 Å². The Morgan fingerprint density at radius 1 is 1.48 bits per heavy atom. The number of nitrogens with one attached hydrogen (secondary N) is 2. The van der Waals surface area contributed by atoms with Gasteiger partial charge in [-0.15, -0.1) is 0 Å². The Morgan fingerprint density at radius 3 is 2.76 bits per heavy atom. The Balaban J connectivity index is 2.31. The van der Waals surface area contributed by atoms with Gasteiger partial charge in [0.25, 0.3) is 0 Å². The van der Waals surface area contributed by atoms with Crippen LogP contribution in [0.15, 0.2) is 0 Å². The Kier molecular flexibility index (Phi) is 7.92. The molecular formula is C14H27N3O3S. The molecule has 1 aliphatic heterocycles. The van der Waals surface area contributed by atoms with Crippen molar-refractivity contribution in [1.82, 2.24) is 15.5 Å². The van der Waals surface area contributed by atoms with Gasteiger partial charge in [-0.05, 0) is 37.0 Å². The molecule has 1 saturated heterocycles. The Hall–Kier alpha value is -0.920. The Labute approximate surface area is 132 Å². The summed E-state index contributed by atoms with van der Waals surface area (Å²) in [5.41, 5.74) is 0. The van der Waals surface area contributed by atoms with Gasteiger partial charge in [0.15, 0.2) is 5.11 Å². The Morgan fingerprint density at radius 2 is 2.19 bits per heavy atom. The third-order valence-electron chi connectivity index (χ3n) is 3.74. The Bertz CT molecular complexity index is 352. The molecule has 0 aromatic heterocycles. The van der Waals surface area contributed by atoms with E-state index in [1.165, 1.54) is 0 Å². The fourth-order valence-electron chi connectivity index (χ4n) is 2.71. The molecule has 0 aliphatic carbocycles. The first-order chi connectivity index (χ1) is 9.95. The molecule has 0 aromatic rings. The highest BCUT2D eigenvalue weighted by molar-refractivity contribution is 7.80. The third kappa shape index (κ3) is 6.15. The minimum absolute atomic E-state index is 0.117. The van der Waals surface area contributed by atoms with E-state index in [0.29, 0.717) is 24.2 Å². The topological polar surface area (TPSA) is 73.8 Å². The van der Waals surface area contributed by atoms with Crippen LogP contribution in [0.25, 0.3) is 0 Å².